The van der Waals surface area contributed by atoms with E-state index in [-0.39, 0.29) is 47.3 Å². The first-order valence-electron chi connectivity index (χ1n) is 36.7. The van der Waals surface area contributed by atoms with Crippen LogP contribution in [0, 0.1) is 0 Å². The van der Waals surface area contributed by atoms with Crippen LogP contribution in [0.2, 0.25) is 0 Å². The van der Waals surface area contributed by atoms with Crippen LogP contribution in [0.3, 0.4) is 0 Å². The van der Waals surface area contributed by atoms with E-state index in [0.29, 0.717) is 52.4 Å². The molecule has 0 spiro atoms. The topological polar surface area (TPSA) is 381 Å². The van der Waals surface area contributed by atoms with Gasteiger partial charge in [0.15, 0.2) is 0 Å². The Bertz CT molecular complexity index is 1780. The van der Waals surface area contributed by atoms with Crippen molar-refractivity contribution in [3.8, 4) is 0 Å². The van der Waals surface area contributed by atoms with Gasteiger partial charge in [0.05, 0.1) is 52.4 Å². The minimum atomic E-state index is 0.0343. The van der Waals surface area contributed by atoms with Crippen molar-refractivity contribution in [2.24, 2.45) is 0 Å². The van der Waals surface area contributed by atoms with Crippen molar-refractivity contribution in [2.45, 2.75) is 0 Å². The summed E-state index contributed by atoms with van der Waals surface area (Å²) in [6.07, 6.45) is 0. The molecule has 0 aromatic rings. The molecule has 104 heavy (non-hydrogen) atoms. The Morgan fingerprint density at radius 1 is 0.163 bits per heavy atom. The number of amides is 8. The zero-order chi connectivity index (χ0) is 77.5. The summed E-state index contributed by atoms with van der Waals surface area (Å²) in [4.78, 5) is 125. The van der Waals surface area contributed by atoms with Crippen LogP contribution in [0.5, 0.6) is 0 Å². The molecule has 0 aromatic heterocycles. The highest BCUT2D eigenvalue weighted by molar-refractivity contribution is 5.80. The van der Waals surface area contributed by atoms with Gasteiger partial charge in [0.25, 0.3) is 0 Å². The Morgan fingerprint density at radius 3 is 0.308 bits per heavy atom. The van der Waals surface area contributed by atoms with E-state index in [9.17, 15) is 38.4 Å². The fourth-order valence-electron chi connectivity index (χ4n) is 11.1. The molecule has 0 atom stereocenters. The van der Waals surface area contributed by atoms with E-state index >= 15 is 0 Å². The molecule has 8 fully saturated rings. The molecule has 8 saturated heterocycles. The number of nitrogens with one attached hydrogen (secondary N) is 16. The van der Waals surface area contributed by atoms with Gasteiger partial charge in [-0.3, -0.25) is 121 Å². The molecule has 0 radical (unpaired) electrons. The predicted molar refractivity (Wildman–Crippen MR) is 409 cm³/mol. The second-order valence-electron chi connectivity index (χ2n) is 27.0. The van der Waals surface area contributed by atoms with Gasteiger partial charge in [-0.25, -0.2) is 43.4 Å². The third kappa shape index (κ3) is 51.9. The highest BCUT2D eigenvalue weighted by Gasteiger charge is 2.23. The van der Waals surface area contributed by atoms with E-state index in [0.717, 1.165) is 209 Å². The predicted octanol–water partition coefficient (Wildman–Crippen LogP) is -12.1. The van der Waals surface area contributed by atoms with E-state index in [2.05, 4.69) is 222 Å². The van der Waals surface area contributed by atoms with Gasteiger partial charge in [-0.1, -0.05) is 0 Å². The maximum absolute atomic E-state index is 11.2. The maximum Gasteiger partial charge on any atom is 0.248 e. The van der Waals surface area contributed by atoms with Crippen molar-refractivity contribution < 1.29 is 38.4 Å². The van der Waals surface area contributed by atoms with Crippen molar-refractivity contribution in [3.63, 3.8) is 0 Å². The van der Waals surface area contributed by atoms with Crippen molar-refractivity contribution >= 4 is 47.3 Å². The number of carbonyl (C=O) groups excluding carboxylic acids is 8. The van der Waals surface area contributed by atoms with Crippen LogP contribution in [-0.2, 0) is 38.4 Å². The maximum atomic E-state index is 11.2. The summed E-state index contributed by atoms with van der Waals surface area (Å²) in [5.74, 6) is 0.274. The second-order valence-corrected chi connectivity index (χ2v) is 27.0. The molecule has 16 N–H and O–H groups in total. The highest BCUT2D eigenvalue weighted by atomic mass is 16.2. The van der Waals surface area contributed by atoms with Crippen LogP contribution < -0.4 is 86.8 Å². The van der Waals surface area contributed by atoms with Crippen molar-refractivity contribution in [3.05, 3.63) is 0 Å². The first kappa shape index (κ1) is 96.8. The summed E-state index contributed by atoms with van der Waals surface area (Å²) >= 11 is 0. The molecule has 608 valence electrons. The monoisotopic (exact) mass is 1490 g/mol. The van der Waals surface area contributed by atoms with Gasteiger partial charge in [-0.2, -0.15) is 0 Å². The zero-order valence-electron chi connectivity index (χ0n) is 66.7. The van der Waals surface area contributed by atoms with E-state index < -0.39 is 0 Å². The van der Waals surface area contributed by atoms with E-state index in [1.807, 2.05) is 0 Å². The number of rotatable bonds is 24. The van der Waals surface area contributed by atoms with Gasteiger partial charge in [0.1, 0.15) is 0 Å². The lowest BCUT2D eigenvalue weighted by molar-refractivity contribution is -0.124. The molecular weight excluding hydrogens is 1340 g/mol. The molecule has 0 saturated carbocycles. The number of hydrazine groups is 8. The molecule has 0 aliphatic carbocycles. The van der Waals surface area contributed by atoms with Gasteiger partial charge in [-0.05, 0) is 56.4 Å². The summed E-state index contributed by atoms with van der Waals surface area (Å²) in [7, 11) is 30.4. The number of piperazine rings is 8. The van der Waals surface area contributed by atoms with Crippen molar-refractivity contribution in [1.29, 1.82) is 0 Å². The second kappa shape index (κ2) is 60.8. The smallest absolute Gasteiger partial charge is 0.248 e. The normalized spacial score (nSPS) is 20.2. The van der Waals surface area contributed by atoms with Crippen LogP contribution >= 0.6 is 0 Å². The molecule has 40 heteroatoms. The Hall–Kier alpha value is -5.20. The Morgan fingerprint density at radius 2 is 0.240 bits per heavy atom. The van der Waals surface area contributed by atoms with Gasteiger partial charge < -0.3 is 39.2 Å². The van der Waals surface area contributed by atoms with Gasteiger partial charge >= 0.3 is 0 Å². The summed E-state index contributed by atoms with van der Waals surface area (Å²) < 4.78 is 0. The number of carbonyl (C=O) groups is 8. The van der Waals surface area contributed by atoms with Crippen LogP contribution in [0.15, 0.2) is 0 Å². The lowest BCUT2D eigenvalue weighted by Crippen LogP contribution is -2.49. The Balaban J connectivity index is 0.000000594. The Labute approximate surface area is 623 Å². The summed E-state index contributed by atoms with van der Waals surface area (Å²) in [6, 6.07) is 0. The number of hydrogen-bond acceptors (Lipinski definition) is 32. The standard InChI is InChI=1S/8C8H18N4O/c8*1-9-10-8(13)7-12-5-3-11(2)4-6-12/h8*9H,3-7H2,1-2H3,(H,10,13). The first-order valence-corrected chi connectivity index (χ1v) is 36.7. The summed E-state index contributed by atoms with van der Waals surface area (Å²) in [6.45, 7) is 36.4. The third-order valence-corrected chi connectivity index (χ3v) is 17.8. The fraction of sp³-hybridized carbons (Fsp3) is 0.875. The summed E-state index contributed by atoms with van der Waals surface area (Å²) in [5, 5.41) is 0. The minimum absolute atomic E-state index is 0.0343. The van der Waals surface area contributed by atoms with Crippen LogP contribution in [0.25, 0.3) is 0 Å². The third-order valence-electron chi connectivity index (χ3n) is 17.8. The quantitative estimate of drug-likeness (QED) is 0.0399. The fourth-order valence-corrected chi connectivity index (χ4v) is 11.1. The lowest BCUT2D eigenvalue weighted by Gasteiger charge is -2.31. The van der Waals surface area contributed by atoms with Crippen LogP contribution in [-0.4, -0.2) is 500 Å². The highest BCUT2D eigenvalue weighted by Crippen LogP contribution is 2.04. The number of hydrogen-bond donors (Lipinski definition) is 16. The molecule has 8 heterocycles. The van der Waals surface area contributed by atoms with Crippen molar-refractivity contribution in [1.82, 2.24) is 165 Å². The zero-order valence-corrected chi connectivity index (χ0v) is 66.7. The molecular formula is C64H144N32O8. The van der Waals surface area contributed by atoms with E-state index in [4.69, 9.17) is 0 Å². The van der Waals surface area contributed by atoms with Gasteiger partial charge in [0, 0.05) is 266 Å². The first-order chi connectivity index (χ1) is 49.8. The SMILES string of the molecule is CNNC(=O)CN1CCN(C)CC1.CNNC(=O)CN1CCN(C)CC1.CNNC(=O)CN1CCN(C)CC1.CNNC(=O)CN1CCN(C)CC1.CNNC(=O)CN1CCN(C)CC1.CNNC(=O)CN1CCN(C)CC1.CNNC(=O)CN1CCN(C)CC1.CNNC(=O)CN1CCN(C)CC1. The average Bonchev–Trinajstić information content (AvgIpc) is 1.04. The molecule has 8 rings (SSSR count). The lowest BCUT2D eigenvalue weighted by atomic mass is 10.3. The molecule has 8 aliphatic rings. The van der Waals surface area contributed by atoms with Gasteiger partial charge in [-0.15, -0.1) is 0 Å². The average molecular weight is 1490 g/mol. The molecule has 0 aromatic carbocycles. The Kier molecular flexibility index (Phi) is 56.6. The largest absolute Gasteiger partial charge is 0.304 e. The molecule has 0 bridgehead atoms. The van der Waals surface area contributed by atoms with E-state index in [1.165, 1.54) is 0 Å². The summed E-state index contributed by atoms with van der Waals surface area (Å²) in [5.41, 5.74) is 41.5. The van der Waals surface area contributed by atoms with Crippen LogP contribution in [0.1, 0.15) is 0 Å². The van der Waals surface area contributed by atoms with Crippen LogP contribution in [0.4, 0.5) is 0 Å². The van der Waals surface area contributed by atoms with E-state index in [1.54, 1.807) is 56.4 Å². The molecule has 8 aliphatic heterocycles. The molecule has 40 nitrogen and oxygen atoms in total. The number of likely N-dealkylation sites (N-methyl/N-ethyl adjacent to an activating group) is 8. The molecule has 8 amide bonds. The van der Waals surface area contributed by atoms with Crippen molar-refractivity contribution in [2.75, 3.05) is 375 Å². The van der Waals surface area contributed by atoms with Gasteiger partial charge in [0.2, 0.25) is 47.3 Å². The molecule has 0 unspecified atom stereocenters. The number of nitrogens with zero attached hydrogens (tertiary/aromatic N) is 16. The minimum Gasteiger partial charge on any atom is -0.304 e.